The standard InChI is InChI=1S/C28H35F2N7O4/c1-19(38)3-5-22-18-36(28(40)41-22)21-15-23(29)26(24(30)16-21)35-8-7-32-37(14-13-35)27(39)20-4-6-25(31-17-20)34-11-9-33(2)10-12-34/h4,6,15-17,22,32H,3,5,7-14,18H2,1-2H3/t22-/m0/s1. The van der Waals surface area contributed by atoms with Crippen molar-refractivity contribution in [3.8, 4) is 0 Å². The lowest BCUT2D eigenvalue weighted by Gasteiger charge is -2.33. The molecule has 3 aliphatic rings. The number of ketones is 1. The molecule has 0 saturated carbocycles. The van der Waals surface area contributed by atoms with Crippen LogP contribution in [0.3, 0.4) is 0 Å². The van der Waals surface area contributed by atoms with E-state index < -0.39 is 23.8 Å². The van der Waals surface area contributed by atoms with Crippen molar-refractivity contribution in [1.82, 2.24) is 20.3 Å². The van der Waals surface area contributed by atoms with Gasteiger partial charge in [0.25, 0.3) is 5.91 Å². The van der Waals surface area contributed by atoms with E-state index in [2.05, 4.69) is 27.3 Å². The van der Waals surface area contributed by atoms with E-state index >= 15 is 8.78 Å². The van der Waals surface area contributed by atoms with Crippen LogP contribution in [0.4, 0.5) is 30.8 Å². The van der Waals surface area contributed by atoms with E-state index in [1.807, 2.05) is 6.07 Å². The number of Topliss-reactive ketones (excluding diaryl/α,β-unsaturated/α-hetero) is 1. The van der Waals surface area contributed by atoms with Gasteiger partial charge in [0.05, 0.1) is 24.3 Å². The Labute approximate surface area is 237 Å². The summed E-state index contributed by atoms with van der Waals surface area (Å²) in [6.07, 6.45) is 0.952. The van der Waals surface area contributed by atoms with Crippen molar-refractivity contribution in [2.45, 2.75) is 25.9 Å². The lowest BCUT2D eigenvalue weighted by Crippen LogP contribution is -2.45. The number of nitrogens with one attached hydrogen (secondary N) is 1. The average molecular weight is 572 g/mol. The second kappa shape index (κ2) is 12.4. The maximum Gasteiger partial charge on any atom is 0.414 e. The number of aromatic nitrogens is 1. The van der Waals surface area contributed by atoms with Gasteiger partial charge in [-0.25, -0.2) is 24.0 Å². The average Bonchev–Trinajstić information content (AvgIpc) is 3.16. The fourth-order valence-corrected chi connectivity index (χ4v) is 5.28. The number of cyclic esters (lactones) is 1. The topological polar surface area (TPSA) is 102 Å². The molecule has 1 atom stereocenters. The number of pyridine rings is 1. The first-order chi connectivity index (χ1) is 19.7. The first-order valence-electron chi connectivity index (χ1n) is 13.9. The largest absolute Gasteiger partial charge is 0.444 e. The lowest BCUT2D eigenvalue weighted by molar-refractivity contribution is -0.117. The van der Waals surface area contributed by atoms with E-state index in [1.165, 1.54) is 16.8 Å². The van der Waals surface area contributed by atoms with Crippen molar-refractivity contribution in [2.75, 3.05) is 80.7 Å². The van der Waals surface area contributed by atoms with E-state index in [-0.39, 0.29) is 62.2 Å². The Morgan fingerprint density at radius 1 is 1.02 bits per heavy atom. The van der Waals surface area contributed by atoms with Crippen molar-refractivity contribution in [2.24, 2.45) is 0 Å². The molecule has 220 valence electrons. The molecule has 2 aromatic rings. The van der Waals surface area contributed by atoms with Crippen LogP contribution in [-0.2, 0) is 9.53 Å². The lowest BCUT2D eigenvalue weighted by atomic mass is 10.1. The number of carbonyl (C=O) groups excluding carboxylic acids is 3. The molecule has 0 aliphatic carbocycles. The molecule has 11 nitrogen and oxygen atoms in total. The van der Waals surface area contributed by atoms with E-state index in [9.17, 15) is 14.4 Å². The van der Waals surface area contributed by atoms with E-state index in [4.69, 9.17) is 4.74 Å². The SMILES string of the molecule is CC(=O)CC[C@H]1CN(c2cc(F)c(N3CCNN(C(=O)c4ccc(N5CCN(C)CC5)nc4)CC3)c(F)c2)C(=O)O1. The molecule has 3 saturated heterocycles. The summed E-state index contributed by atoms with van der Waals surface area (Å²) in [5.41, 5.74) is 3.30. The molecule has 0 unspecified atom stereocenters. The summed E-state index contributed by atoms with van der Waals surface area (Å²) in [6, 6.07) is 5.82. The van der Waals surface area contributed by atoms with E-state index in [1.54, 1.807) is 17.2 Å². The zero-order chi connectivity index (χ0) is 29.1. The Kier molecular flexibility index (Phi) is 8.64. The molecule has 4 heterocycles. The molecule has 0 spiro atoms. The Morgan fingerprint density at radius 2 is 1.73 bits per heavy atom. The molecular weight excluding hydrogens is 536 g/mol. The molecule has 3 fully saturated rings. The molecule has 13 heteroatoms. The number of nitrogens with zero attached hydrogens (tertiary/aromatic N) is 6. The highest BCUT2D eigenvalue weighted by molar-refractivity contribution is 5.94. The maximum absolute atomic E-state index is 15.3. The van der Waals surface area contributed by atoms with Gasteiger partial charge in [-0.2, -0.15) is 0 Å². The van der Waals surface area contributed by atoms with Gasteiger partial charge in [-0.05, 0) is 32.5 Å². The molecule has 2 amide bonds. The predicted octanol–water partition coefficient (Wildman–Crippen LogP) is 2.27. The van der Waals surface area contributed by atoms with Crippen LogP contribution in [-0.4, -0.2) is 105 Å². The highest BCUT2D eigenvalue weighted by Gasteiger charge is 2.34. The normalized spacial score (nSPS) is 20.3. The molecule has 1 aromatic carbocycles. The van der Waals surface area contributed by atoms with Gasteiger partial charge < -0.3 is 24.2 Å². The van der Waals surface area contributed by atoms with E-state index in [0.717, 1.165) is 44.1 Å². The number of halogens is 2. The van der Waals surface area contributed by atoms with Crippen molar-refractivity contribution < 1.29 is 27.9 Å². The molecule has 3 aliphatic heterocycles. The summed E-state index contributed by atoms with van der Waals surface area (Å²) < 4.78 is 35.8. The zero-order valence-corrected chi connectivity index (χ0v) is 23.3. The molecule has 1 N–H and O–H groups in total. The molecule has 1 aromatic heterocycles. The van der Waals surface area contributed by atoms with Gasteiger partial charge in [-0.1, -0.05) is 0 Å². The summed E-state index contributed by atoms with van der Waals surface area (Å²) in [6.45, 7) is 6.15. The number of hydrogen-bond acceptors (Lipinski definition) is 9. The predicted molar refractivity (Wildman–Crippen MR) is 149 cm³/mol. The number of carbonyl (C=O) groups is 3. The minimum atomic E-state index is -0.816. The van der Waals surface area contributed by atoms with Crippen molar-refractivity contribution in [1.29, 1.82) is 0 Å². The van der Waals surface area contributed by atoms with Crippen molar-refractivity contribution in [3.05, 3.63) is 47.7 Å². The first-order valence-corrected chi connectivity index (χ1v) is 13.9. The molecule has 0 bridgehead atoms. The van der Waals surface area contributed by atoms with Gasteiger partial charge in [0, 0.05) is 70.6 Å². The summed E-state index contributed by atoms with van der Waals surface area (Å²) >= 11 is 0. The van der Waals surface area contributed by atoms with Crippen LogP contribution in [0.5, 0.6) is 0 Å². The van der Waals surface area contributed by atoms with Gasteiger partial charge >= 0.3 is 6.09 Å². The third-order valence-corrected chi connectivity index (χ3v) is 7.67. The quantitative estimate of drug-likeness (QED) is 0.537. The van der Waals surface area contributed by atoms with Gasteiger partial charge in [-0.3, -0.25) is 14.7 Å². The van der Waals surface area contributed by atoms with Gasteiger partial charge in [0.2, 0.25) is 0 Å². The van der Waals surface area contributed by atoms with Crippen LogP contribution in [0, 0.1) is 11.6 Å². The molecule has 0 radical (unpaired) electrons. The van der Waals surface area contributed by atoms with Crippen molar-refractivity contribution >= 4 is 35.0 Å². The fraction of sp³-hybridized carbons (Fsp3) is 0.500. The summed E-state index contributed by atoms with van der Waals surface area (Å²) in [4.78, 5) is 48.4. The zero-order valence-electron chi connectivity index (χ0n) is 23.3. The fourth-order valence-electron chi connectivity index (χ4n) is 5.28. The van der Waals surface area contributed by atoms with Crippen molar-refractivity contribution in [3.63, 3.8) is 0 Å². The number of anilines is 3. The summed E-state index contributed by atoms with van der Waals surface area (Å²) in [5.74, 6) is -1.10. The molecule has 41 heavy (non-hydrogen) atoms. The van der Waals surface area contributed by atoms with Crippen LogP contribution in [0.25, 0.3) is 0 Å². The Hall–Kier alpha value is -3.84. The van der Waals surface area contributed by atoms with Gasteiger partial charge in [0.15, 0.2) is 11.6 Å². The summed E-state index contributed by atoms with van der Waals surface area (Å²) in [7, 11) is 2.08. The number of ether oxygens (including phenoxy) is 1. The monoisotopic (exact) mass is 571 g/mol. The third kappa shape index (κ3) is 6.57. The minimum Gasteiger partial charge on any atom is -0.444 e. The first kappa shape index (κ1) is 28.7. The van der Waals surface area contributed by atoms with Crippen LogP contribution in [0.15, 0.2) is 30.5 Å². The second-order valence-corrected chi connectivity index (χ2v) is 10.7. The van der Waals surface area contributed by atoms with Gasteiger partial charge in [0.1, 0.15) is 23.4 Å². The van der Waals surface area contributed by atoms with Crippen LogP contribution in [0.1, 0.15) is 30.1 Å². The summed E-state index contributed by atoms with van der Waals surface area (Å²) in [5, 5.41) is 1.44. The number of hydrogen-bond donors (Lipinski definition) is 1. The number of piperazine rings is 1. The maximum atomic E-state index is 15.3. The highest BCUT2D eigenvalue weighted by Crippen LogP contribution is 2.32. The van der Waals surface area contributed by atoms with Crippen LogP contribution >= 0.6 is 0 Å². The van der Waals surface area contributed by atoms with Crippen LogP contribution in [0.2, 0.25) is 0 Å². The number of amides is 2. The highest BCUT2D eigenvalue weighted by atomic mass is 19.1. The molecular formula is C28H35F2N7O4. The number of rotatable bonds is 7. The third-order valence-electron chi connectivity index (χ3n) is 7.67. The Bertz CT molecular complexity index is 1260. The van der Waals surface area contributed by atoms with Crippen LogP contribution < -0.4 is 20.1 Å². The number of likely N-dealkylation sites (N-methyl/N-ethyl adjacent to an activating group) is 1. The smallest absolute Gasteiger partial charge is 0.414 e. The Morgan fingerprint density at radius 3 is 2.39 bits per heavy atom. The Balaban J connectivity index is 1.21. The number of benzene rings is 1. The van der Waals surface area contributed by atoms with Gasteiger partial charge in [-0.15, -0.1) is 0 Å². The second-order valence-electron chi connectivity index (χ2n) is 10.7. The molecule has 5 rings (SSSR count). The minimum absolute atomic E-state index is 0.0241. The number of hydrazine groups is 1. The van der Waals surface area contributed by atoms with E-state index in [0.29, 0.717) is 12.0 Å².